The maximum absolute atomic E-state index is 7.64. The van der Waals surface area contributed by atoms with Crippen LogP contribution in [0, 0.1) is 10.8 Å². The molecule has 3 N–H and O–H groups in total. The molecule has 4 nitrogen and oxygen atoms in total. The summed E-state index contributed by atoms with van der Waals surface area (Å²) >= 11 is 0. The molecule has 1 aliphatic heterocycles. The van der Waals surface area contributed by atoms with E-state index in [1.54, 1.807) is 0 Å². The Bertz CT molecular complexity index is 275. The first-order valence-electron chi connectivity index (χ1n) is 7.14. The third-order valence-corrected chi connectivity index (χ3v) is 4.25. The Kier molecular flexibility index (Phi) is 5.60. The number of amidine groups is 1. The lowest BCUT2D eigenvalue weighted by atomic mass is 9.87. The smallest absolute Gasteiger partial charge is 0.0963 e. The molecule has 1 saturated heterocycles. The van der Waals surface area contributed by atoms with E-state index in [9.17, 15) is 0 Å². The van der Waals surface area contributed by atoms with Crippen molar-refractivity contribution in [2.24, 2.45) is 11.1 Å². The Morgan fingerprint density at radius 2 is 2.06 bits per heavy atom. The van der Waals surface area contributed by atoms with Crippen molar-refractivity contribution in [1.82, 2.24) is 9.80 Å². The molecule has 0 saturated carbocycles. The summed E-state index contributed by atoms with van der Waals surface area (Å²) < 4.78 is 0. The van der Waals surface area contributed by atoms with Crippen LogP contribution in [0.25, 0.3) is 0 Å². The highest BCUT2D eigenvalue weighted by Gasteiger charge is 2.26. The lowest BCUT2D eigenvalue weighted by Gasteiger charge is -2.33. The van der Waals surface area contributed by atoms with Gasteiger partial charge in [-0.15, -0.1) is 0 Å². The molecule has 0 bridgehead atoms. The van der Waals surface area contributed by atoms with Crippen LogP contribution in [0.1, 0.15) is 40.0 Å². The Labute approximate surface area is 112 Å². The molecule has 0 spiro atoms. The zero-order chi connectivity index (χ0) is 13.8. The molecule has 0 radical (unpaired) electrons. The van der Waals surface area contributed by atoms with E-state index in [-0.39, 0.29) is 5.41 Å². The Balaban J connectivity index is 2.55. The second-order valence-electron chi connectivity index (χ2n) is 6.26. The first-order chi connectivity index (χ1) is 8.36. The molecule has 18 heavy (non-hydrogen) atoms. The van der Waals surface area contributed by atoms with Crippen LogP contribution in [0.5, 0.6) is 0 Å². The van der Waals surface area contributed by atoms with Crippen LogP contribution in [0.15, 0.2) is 0 Å². The Hall–Kier alpha value is -0.610. The van der Waals surface area contributed by atoms with Crippen LogP contribution < -0.4 is 5.73 Å². The van der Waals surface area contributed by atoms with Gasteiger partial charge >= 0.3 is 0 Å². The van der Waals surface area contributed by atoms with E-state index < -0.39 is 0 Å². The molecule has 0 amide bonds. The van der Waals surface area contributed by atoms with Gasteiger partial charge in [0.2, 0.25) is 0 Å². The number of likely N-dealkylation sites (N-methyl/N-ethyl adjacent to an activating group) is 1. The van der Waals surface area contributed by atoms with Crippen molar-refractivity contribution in [1.29, 1.82) is 5.41 Å². The lowest BCUT2D eigenvalue weighted by molar-refractivity contribution is 0.169. The van der Waals surface area contributed by atoms with Gasteiger partial charge in [0.25, 0.3) is 0 Å². The summed E-state index contributed by atoms with van der Waals surface area (Å²) in [5.41, 5.74) is 5.49. The van der Waals surface area contributed by atoms with E-state index in [4.69, 9.17) is 11.1 Å². The zero-order valence-electron chi connectivity index (χ0n) is 12.5. The van der Waals surface area contributed by atoms with Gasteiger partial charge < -0.3 is 10.6 Å². The minimum absolute atomic E-state index is 0.170. The fourth-order valence-corrected chi connectivity index (χ4v) is 2.53. The molecular formula is C14H30N4. The maximum Gasteiger partial charge on any atom is 0.0963 e. The first kappa shape index (κ1) is 15.4. The van der Waals surface area contributed by atoms with Crippen molar-refractivity contribution >= 4 is 5.84 Å². The highest BCUT2D eigenvalue weighted by atomic mass is 15.2. The molecule has 1 fully saturated rings. The summed E-state index contributed by atoms with van der Waals surface area (Å²) in [4.78, 5) is 5.03. The van der Waals surface area contributed by atoms with Crippen molar-refractivity contribution in [3.05, 3.63) is 0 Å². The quantitative estimate of drug-likeness (QED) is 0.580. The first-order valence-corrected chi connectivity index (χ1v) is 7.14. The average Bonchev–Trinajstić information content (AvgIpc) is 2.47. The summed E-state index contributed by atoms with van der Waals surface area (Å²) in [5, 5.41) is 7.64. The predicted molar refractivity (Wildman–Crippen MR) is 78.1 cm³/mol. The highest BCUT2D eigenvalue weighted by Crippen LogP contribution is 2.22. The van der Waals surface area contributed by atoms with Gasteiger partial charge in [-0.05, 0) is 45.9 Å². The van der Waals surface area contributed by atoms with Crippen LogP contribution in [-0.4, -0.2) is 54.9 Å². The molecule has 4 heteroatoms. The van der Waals surface area contributed by atoms with Gasteiger partial charge in [-0.1, -0.05) is 20.8 Å². The summed E-state index contributed by atoms with van der Waals surface area (Å²) in [6.45, 7) is 11.0. The largest absolute Gasteiger partial charge is 0.387 e. The maximum atomic E-state index is 7.64. The second kappa shape index (κ2) is 6.53. The van der Waals surface area contributed by atoms with Crippen LogP contribution in [-0.2, 0) is 0 Å². The number of hydrogen-bond donors (Lipinski definition) is 2. The number of nitrogens with two attached hydrogens (primary N) is 1. The molecule has 106 valence electrons. The highest BCUT2D eigenvalue weighted by molar-refractivity contribution is 5.82. The molecule has 0 aliphatic carbocycles. The van der Waals surface area contributed by atoms with Crippen molar-refractivity contribution in [3.63, 3.8) is 0 Å². The summed E-state index contributed by atoms with van der Waals surface area (Å²) in [7, 11) is 2.21. The Morgan fingerprint density at radius 3 is 2.61 bits per heavy atom. The van der Waals surface area contributed by atoms with E-state index >= 15 is 0 Å². The van der Waals surface area contributed by atoms with Crippen molar-refractivity contribution in [2.75, 3.05) is 33.2 Å². The van der Waals surface area contributed by atoms with Gasteiger partial charge in [0, 0.05) is 18.0 Å². The van der Waals surface area contributed by atoms with Gasteiger partial charge in [0.05, 0.1) is 5.84 Å². The van der Waals surface area contributed by atoms with Crippen molar-refractivity contribution in [3.8, 4) is 0 Å². The standard InChI is InChI=1S/C14H30N4/c1-5-12-11-17(4)8-6-9-18(12)10-7-14(2,3)13(15)16/h12H,5-11H2,1-4H3,(H3,15,16). The van der Waals surface area contributed by atoms with Crippen LogP contribution >= 0.6 is 0 Å². The molecule has 1 rings (SSSR count). The average molecular weight is 254 g/mol. The fourth-order valence-electron chi connectivity index (χ4n) is 2.53. The molecular weight excluding hydrogens is 224 g/mol. The molecule has 1 unspecified atom stereocenters. The van der Waals surface area contributed by atoms with Gasteiger partial charge in [0.1, 0.15) is 0 Å². The third-order valence-electron chi connectivity index (χ3n) is 4.25. The van der Waals surface area contributed by atoms with Crippen LogP contribution in [0.3, 0.4) is 0 Å². The van der Waals surface area contributed by atoms with Gasteiger partial charge in [-0.25, -0.2) is 0 Å². The lowest BCUT2D eigenvalue weighted by Crippen LogP contribution is -2.42. The SMILES string of the molecule is CCC1CN(C)CCCN1CCC(C)(C)C(=N)N. The Morgan fingerprint density at radius 1 is 1.39 bits per heavy atom. The van der Waals surface area contributed by atoms with Gasteiger partial charge in [-0.2, -0.15) is 0 Å². The van der Waals surface area contributed by atoms with E-state index in [1.165, 1.54) is 25.9 Å². The third kappa shape index (κ3) is 4.25. The minimum Gasteiger partial charge on any atom is -0.387 e. The number of nitrogens with zero attached hydrogens (tertiary/aromatic N) is 2. The van der Waals surface area contributed by atoms with Gasteiger partial charge in [-0.3, -0.25) is 10.3 Å². The molecule has 1 heterocycles. The fraction of sp³-hybridized carbons (Fsp3) is 0.929. The normalized spacial score (nSPS) is 23.9. The van der Waals surface area contributed by atoms with Gasteiger partial charge in [0.15, 0.2) is 0 Å². The summed E-state index contributed by atoms with van der Waals surface area (Å²) in [6.07, 6.45) is 3.42. The number of hydrogen-bond acceptors (Lipinski definition) is 3. The van der Waals surface area contributed by atoms with Crippen molar-refractivity contribution in [2.45, 2.75) is 46.1 Å². The molecule has 0 aromatic rings. The molecule has 0 aromatic carbocycles. The molecule has 1 aliphatic rings. The predicted octanol–water partition coefficient (Wildman–Crippen LogP) is 1.75. The summed E-state index contributed by atoms with van der Waals surface area (Å²) in [5.74, 6) is 0.308. The molecule has 0 aromatic heterocycles. The minimum atomic E-state index is -0.170. The zero-order valence-corrected chi connectivity index (χ0v) is 12.5. The van der Waals surface area contributed by atoms with E-state index in [2.05, 4.69) is 37.6 Å². The number of nitrogens with one attached hydrogen (secondary N) is 1. The number of rotatable bonds is 5. The van der Waals surface area contributed by atoms with E-state index in [1.807, 2.05) is 0 Å². The molecule has 1 atom stereocenters. The monoisotopic (exact) mass is 254 g/mol. The van der Waals surface area contributed by atoms with Crippen LogP contribution in [0.2, 0.25) is 0 Å². The van der Waals surface area contributed by atoms with Crippen LogP contribution in [0.4, 0.5) is 0 Å². The van der Waals surface area contributed by atoms with E-state index in [0.29, 0.717) is 11.9 Å². The summed E-state index contributed by atoms with van der Waals surface area (Å²) in [6, 6.07) is 0.653. The topological polar surface area (TPSA) is 56.4 Å². The second-order valence-corrected chi connectivity index (χ2v) is 6.26. The van der Waals surface area contributed by atoms with Crippen molar-refractivity contribution < 1.29 is 0 Å². The van der Waals surface area contributed by atoms with E-state index in [0.717, 1.165) is 19.5 Å².